The van der Waals surface area contributed by atoms with Gasteiger partial charge in [0.2, 0.25) is 0 Å². The fourth-order valence-electron chi connectivity index (χ4n) is 1.82. The first-order valence-corrected chi connectivity index (χ1v) is 5.36. The Hall–Kier alpha value is -2.10. The molecule has 1 N–H and O–H groups in total. The van der Waals surface area contributed by atoms with Gasteiger partial charge in [-0.2, -0.15) is 0 Å². The first kappa shape index (κ1) is 11.4. The van der Waals surface area contributed by atoms with Crippen molar-refractivity contribution < 1.29 is 9.90 Å². The van der Waals surface area contributed by atoms with E-state index in [9.17, 15) is 4.79 Å². The van der Waals surface area contributed by atoms with Crippen molar-refractivity contribution in [2.24, 2.45) is 0 Å². The minimum atomic E-state index is -1.00. The molecule has 2 aromatic rings. The van der Waals surface area contributed by atoms with Crippen LogP contribution in [0.25, 0.3) is 5.69 Å². The summed E-state index contributed by atoms with van der Waals surface area (Å²) in [6.07, 6.45) is 1.56. The second-order valence-electron chi connectivity index (χ2n) is 4.07. The van der Waals surface area contributed by atoms with E-state index in [-0.39, 0.29) is 5.69 Å². The Kier molecular flexibility index (Phi) is 2.71. The van der Waals surface area contributed by atoms with E-state index in [2.05, 4.69) is 4.98 Å². The van der Waals surface area contributed by atoms with Crippen molar-refractivity contribution in [3.05, 3.63) is 47.0 Å². The van der Waals surface area contributed by atoms with Crippen LogP contribution >= 0.6 is 0 Å². The van der Waals surface area contributed by atoms with E-state index in [0.717, 1.165) is 11.3 Å². The average molecular weight is 230 g/mol. The zero-order valence-corrected chi connectivity index (χ0v) is 10.1. The number of nitrogens with zero attached hydrogens (tertiary/aromatic N) is 2. The summed E-state index contributed by atoms with van der Waals surface area (Å²) in [5.74, 6) is -0.326. The molecule has 0 amide bonds. The van der Waals surface area contributed by atoms with Crippen molar-refractivity contribution in [3.8, 4) is 5.69 Å². The van der Waals surface area contributed by atoms with Gasteiger partial charge >= 0.3 is 5.97 Å². The number of aromatic carboxylic acids is 1. The Morgan fingerprint density at radius 3 is 2.59 bits per heavy atom. The van der Waals surface area contributed by atoms with Crippen LogP contribution in [0.5, 0.6) is 0 Å². The number of carbonyl (C=O) groups is 1. The third-order valence-corrected chi connectivity index (χ3v) is 2.94. The van der Waals surface area contributed by atoms with E-state index >= 15 is 0 Å². The second kappa shape index (κ2) is 4.05. The topological polar surface area (TPSA) is 55.1 Å². The van der Waals surface area contributed by atoms with Gasteiger partial charge in [0.15, 0.2) is 5.69 Å². The predicted octanol–water partition coefficient (Wildman–Crippen LogP) is 2.50. The number of carboxylic acid groups (broad SMARTS) is 1. The molecule has 2 rings (SSSR count). The number of benzene rings is 1. The molecule has 0 radical (unpaired) electrons. The van der Waals surface area contributed by atoms with E-state index < -0.39 is 5.97 Å². The molecule has 0 atom stereocenters. The standard InChI is InChI=1S/C13H14N2O2/c1-8-5-4-6-12(9(8)2)15-7-11(13(16)17)14-10(15)3/h4-7H,1-3H3,(H,16,17). The number of rotatable bonds is 2. The van der Waals surface area contributed by atoms with Gasteiger partial charge in [0.05, 0.1) is 0 Å². The van der Waals surface area contributed by atoms with Gasteiger partial charge in [-0.05, 0) is 38.0 Å². The van der Waals surface area contributed by atoms with Crippen molar-refractivity contribution in [2.45, 2.75) is 20.8 Å². The van der Waals surface area contributed by atoms with Gasteiger partial charge in [0.25, 0.3) is 0 Å². The van der Waals surface area contributed by atoms with Crippen LogP contribution in [0.4, 0.5) is 0 Å². The van der Waals surface area contributed by atoms with Crippen molar-refractivity contribution >= 4 is 5.97 Å². The Labute approximate surface area is 99.5 Å². The van der Waals surface area contributed by atoms with E-state index in [1.165, 1.54) is 5.56 Å². The molecule has 1 aromatic heterocycles. The van der Waals surface area contributed by atoms with Crippen molar-refractivity contribution in [1.82, 2.24) is 9.55 Å². The Balaban J connectivity index is 2.60. The Morgan fingerprint density at radius 1 is 1.29 bits per heavy atom. The van der Waals surface area contributed by atoms with Gasteiger partial charge in [0.1, 0.15) is 5.82 Å². The highest BCUT2D eigenvalue weighted by Gasteiger charge is 2.12. The summed E-state index contributed by atoms with van der Waals surface area (Å²) in [4.78, 5) is 14.9. The first-order chi connectivity index (χ1) is 8.00. The number of aromatic nitrogens is 2. The normalized spacial score (nSPS) is 10.5. The minimum absolute atomic E-state index is 0.0726. The first-order valence-electron chi connectivity index (χ1n) is 5.36. The number of hydrogen-bond donors (Lipinski definition) is 1. The molecule has 0 aliphatic carbocycles. The lowest BCUT2D eigenvalue weighted by Crippen LogP contribution is -1.99. The van der Waals surface area contributed by atoms with Gasteiger partial charge < -0.3 is 9.67 Å². The van der Waals surface area contributed by atoms with Crippen LogP contribution in [0.2, 0.25) is 0 Å². The highest BCUT2D eigenvalue weighted by atomic mass is 16.4. The summed E-state index contributed by atoms with van der Waals surface area (Å²) >= 11 is 0. The van der Waals surface area contributed by atoms with Crippen LogP contribution in [0.15, 0.2) is 24.4 Å². The van der Waals surface area contributed by atoms with Gasteiger partial charge in [-0.3, -0.25) is 0 Å². The molecule has 0 unspecified atom stereocenters. The molecule has 0 fully saturated rings. The van der Waals surface area contributed by atoms with Crippen LogP contribution in [-0.2, 0) is 0 Å². The Bertz CT molecular complexity index is 585. The lowest BCUT2D eigenvalue weighted by Gasteiger charge is -2.10. The largest absolute Gasteiger partial charge is 0.476 e. The van der Waals surface area contributed by atoms with Gasteiger partial charge in [-0.15, -0.1) is 0 Å². The highest BCUT2D eigenvalue weighted by molar-refractivity contribution is 5.85. The van der Waals surface area contributed by atoms with Crippen molar-refractivity contribution in [3.63, 3.8) is 0 Å². The van der Waals surface area contributed by atoms with E-state index in [1.54, 1.807) is 13.1 Å². The van der Waals surface area contributed by atoms with Crippen LogP contribution in [0.1, 0.15) is 27.4 Å². The summed E-state index contributed by atoms with van der Waals surface area (Å²) in [5, 5.41) is 8.92. The van der Waals surface area contributed by atoms with Gasteiger partial charge in [-0.25, -0.2) is 9.78 Å². The molecule has 1 heterocycles. The van der Waals surface area contributed by atoms with Crippen LogP contribution in [-0.4, -0.2) is 20.6 Å². The predicted molar refractivity (Wildman–Crippen MR) is 64.7 cm³/mol. The molecular formula is C13H14N2O2. The monoisotopic (exact) mass is 230 g/mol. The summed E-state index contributed by atoms with van der Waals surface area (Å²) in [5.41, 5.74) is 3.35. The number of imidazole rings is 1. The van der Waals surface area contributed by atoms with Crippen LogP contribution in [0.3, 0.4) is 0 Å². The molecule has 17 heavy (non-hydrogen) atoms. The van der Waals surface area contributed by atoms with Crippen LogP contribution < -0.4 is 0 Å². The SMILES string of the molecule is Cc1cccc(-n2cc(C(=O)O)nc2C)c1C. The van der Waals surface area contributed by atoms with Gasteiger partial charge in [-0.1, -0.05) is 12.1 Å². The molecule has 1 aromatic carbocycles. The van der Waals surface area contributed by atoms with Crippen molar-refractivity contribution in [1.29, 1.82) is 0 Å². The number of aryl methyl sites for hydroxylation is 2. The molecule has 4 nitrogen and oxygen atoms in total. The maximum atomic E-state index is 10.9. The summed E-state index contributed by atoms with van der Waals surface area (Å²) in [6, 6.07) is 5.95. The average Bonchev–Trinajstić information content (AvgIpc) is 2.65. The molecule has 0 aliphatic rings. The summed E-state index contributed by atoms with van der Waals surface area (Å²) in [7, 11) is 0. The van der Waals surface area contributed by atoms with Crippen molar-refractivity contribution in [2.75, 3.05) is 0 Å². The zero-order chi connectivity index (χ0) is 12.6. The molecule has 0 saturated carbocycles. The van der Waals surface area contributed by atoms with E-state index in [4.69, 9.17) is 5.11 Å². The third-order valence-electron chi connectivity index (χ3n) is 2.94. The number of carboxylic acids is 1. The lowest BCUT2D eigenvalue weighted by atomic mass is 10.1. The summed E-state index contributed by atoms with van der Waals surface area (Å²) in [6.45, 7) is 5.85. The minimum Gasteiger partial charge on any atom is -0.476 e. The number of hydrogen-bond acceptors (Lipinski definition) is 2. The Morgan fingerprint density at radius 2 is 2.00 bits per heavy atom. The quantitative estimate of drug-likeness (QED) is 0.862. The fraction of sp³-hybridized carbons (Fsp3) is 0.231. The molecular weight excluding hydrogens is 216 g/mol. The third kappa shape index (κ3) is 1.93. The smallest absolute Gasteiger partial charge is 0.356 e. The van der Waals surface area contributed by atoms with Gasteiger partial charge in [0, 0.05) is 11.9 Å². The molecule has 0 spiro atoms. The molecule has 88 valence electrons. The van der Waals surface area contributed by atoms with E-state index in [0.29, 0.717) is 5.82 Å². The molecule has 0 saturated heterocycles. The molecule has 0 aliphatic heterocycles. The lowest BCUT2D eigenvalue weighted by molar-refractivity contribution is 0.0691. The summed E-state index contributed by atoms with van der Waals surface area (Å²) < 4.78 is 1.81. The zero-order valence-electron chi connectivity index (χ0n) is 10.1. The van der Waals surface area contributed by atoms with E-state index in [1.807, 2.05) is 36.6 Å². The molecule has 0 bridgehead atoms. The highest BCUT2D eigenvalue weighted by Crippen LogP contribution is 2.19. The van der Waals surface area contributed by atoms with Crippen LogP contribution in [0, 0.1) is 20.8 Å². The second-order valence-corrected chi connectivity index (χ2v) is 4.07. The maximum absolute atomic E-state index is 10.9. The maximum Gasteiger partial charge on any atom is 0.356 e. The molecule has 4 heteroatoms. The fourth-order valence-corrected chi connectivity index (χ4v) is 1.82.